The number of halogens is 1. The molecular weight excluding hydrogens is 391 g/mol. The summed E-state index contributed by atoms with van der Waals surface area (Å²) in [5.41, 5.74) is 0.476. The molecule has 0 aliphatic carbocycles. The van der Waals surface area contributed by atoms with Gasteiger partial charge in [-0.25, -0.2) is 9.18 Å². The molecule has 4 rings (SSSR count). The van der Waals surface area contributed by atoms with Crippen LogP contribution in [-0.2, 0) is 0 Å². The summed E-state index contributed by atoms with van der Waals surface area (Å²) < 4.78 is 18.2. The SMILES string of the molecule is O=C(Nc1ccc(F)cc1)NC1CCN(C(=O)c2ccc(-c3ccco3)[nH]c2=O)C1. The van der Waals surface area contributed by atoms with E-state index in [9.17, 15) is 18.8 Å². The molecule has 1 fully saturated rings. The highest BCUT2D eigenvalue weighted by Gasteiger charge is 2.29. The van der Waals surface area contributed by atoms with Crippen molar-refractivity contribution in [2.24, 2.45) is 0 Å². The number of carbonyl (C=O) groups excluding carboxylic acids is 2. The Morgan fingerprint density at radius 2 is 1.93 bits per heavy atom. The van der Waals surface area contributed by atoms with E-state index in [0.717, 1.165) is 0 Å². The summed E-state index contributed by atoms with van der Waals surface area (Å²) in [7, 11) is 0. The number of H-pyrrole nitrogens is 1. The number of benzene rings is 1. The van der Waals surface area contributed by atoms with Crippen LogP contribution in [0.3, 0.4) is 0 Å². The quantitative estimate of drug-likeness (QED) is 0.615. The number of furan rings is 1. The van der Waals surface area contributed by atoms with Crippen LogP contribution in [0.2, 0.25) is 0 Å². The summed E-state index contributed by atoms with van der Waals surface area (Å²) in [5, 5.41) is 5.40. The minimum Gasteiger partial charge on any atom is -0.463 e. The first kappa shape index (κ1) is 19.4. The van der Waals surface area contributed by atoms with E-state index in [2.05, 4.69) is 15.6 Å². The van der Waals surface area contributed by atoms with E-state index in [4.69, 9.17) is 4.42 Å². The molecule has 3 aromatic rings. The number of nitrogens with zero attached hydrogens (tertiary/aromatic N) is 1. The average molecular weight is 410 g/mol. The number of hydrogen-bond donors (Lipinski definition) is 3. The second-order valence-corrected chi connectivity index (χ2v) is 6.93. The van der Waals surface area contributed by atoms with Gasteiger partial charge in [-0.05, 0) is 55.0 Å². The topological polar surface area (TPSA) is 107 Å². The van der Waals surface area contributed by atoms with Gasteiger partial charge in [0, 0.05) is 24.8 Å². The van der Waals surface area contributed by atoms with Crippen molar-refractivity contribution in [3.05, 3.63) is 76.5 Å². The number of aromatic nitrogens is 1. The number of pyridine rings is 1. The van der Waals surface area contributed by atoms with Gasteiger partial charge >= 0.3 is 6.03 Å². The van der Waals surface area contributed by atoms with Crippen molar-refractivity contribution in [1.82, 2.24) is 15.2 Å². The van der Waals surface area contributed by atoms with Gasteiger partial charge in [-0.3, -0.25) is 9.59 Å². The molecule has 1 aromatic carbocycles. The Labute approximate surface area is 170 Å². The highest BCUT2D eigenvalue weighted by molar-refractivity contribution is 5.94. The summed E-state index contributed by atoms with van der Waals surface area (Å²) >= 11 is 0. The standard InChI is InChI=1S/C21H19FN4O4/c22-13-3-5-14(6-4-13)23-21(29)24-15-9-10-26(12-15)20(28)16-7-8-17(25-19(16)27)18-2-1-11-30-18/h1-8,11,15H,9-10,12H2,(H,25,27)(H2,23,24,29). The fraction of sp³-hybridized carbons (Fsp3) is 0.190. The van der Waals surface area contributed by atoms with Crippen LogP contribution in [0.25, 0.3) is 11.5 Å². The maximum absolute atomic E-state index is 12.9. The smallest absolute Gasteiger partial charge is 0.319 e. The van der Waals surface area contributed by atoms with E-state index < -0.39 is 23.3 Å². The third-order valence-electron chi connectivity index (χ3n) is 4.84. The zero-order valence-corrected chi connectivity index (χ0v) is 15.9. The lowest BCUT2D eigenvalue weighted by molar-refractivity contribution is 0.0787. The van der Waals surface area contributed by atoms with E-state index in [-0.39, 0.29) is 18.2 Å². The van der Waals surface area contributed by atoms with Crippen LogP contribution >= 0.6 is 0 Å². The van der Waals surface area contributed by atoms with E-state index in [0.29, 0.717) is 30.1 Å². The molecule has 1 atom stereocenters. The van der Waals surface area contributed by atoms with Crippen molar-refractivity contribution in [1.29, 1.82) is 0 Å². The van der Waals surface area contributed by atoms with Crippen molar-refractivity contribution < 1.29 is 18.4 Å². The number of hydrogen-bond acceptors (Lipinski definition) is 4. The summed E-state index contributed by atoms with van der Waals surface area (Å²) in [6, 6.07) is 11.2. The normalized spacial score (nSPS) is 15.8. The number of nitrogens with one attached hydrogen (secondary N) is 3. The minimum absolute atomic E-state index is 0.0294. The third kappa shape index (κ3) is 4.24. The second-order valence-electron chi connectivity index (χ2n) is 6.93. The molecule has 2 aromatic heterocycles. The van der Waals surface area contributed by atoms with Crippen molar-refractivity contribution in [2.45, 2.75) is 12.5 Å². The molecule has 0 saturated carbocycles. The second kappa shape index (κ2) is 8.24. The number of aromatic amines is 1. The number of urea groups is 1. The Bertz CT molecular complexity index is 1110. The largest absolute Gasteiger partial charge is 0.463 e. The molecule has 30 heavy (non-hydrogen) atoms. The molecule has 3 heterocycles. The van der Waals surface area contributed by atoms with Crippen molar-refractivity contribution in [2.75, 3.05) is 18.4 Å². The Morgan fingerprint density at radius 1 is 1.13 bits per heavy atom. The van der Waals surface area contributed by atoms with E-state index in [1.807, 2.05) is 0 Å². The van der Waals surface area contributed by atoms with E-state index >= 15 is 0 Å². The lowest BCUT2D eigenvalue weighted by Gasteiger charge is -2.17. The molecule has 1 unspecified atom stereocenters. The number of amides is 3. The first-order valence-electron chi connectivity index (χ1n) is 9.39. The van der Waals surface area contributed by atoms with Gasteiger partial charge in [0.05, 0.1) is 12.0 Å². The highest BCUT2D eigenvalue weighted by atomic mass is 19.1. The molecule has 0 bridgehead atoms. The number of anilines is 1. The molecular formula is C21H19FN4O4. The summed E-state index contributed by atoms with van der Waals surface area (Å²) in [6.07, 6.45) is 2.06. The summed E-state index contributed by atoms with van der Waals surface area (Å²) in [4.78, 5) is 41.4. The Morgan fingerprint density at radius 3 is 2.63 bits per heavy atom. The van der Waals surface area contributed by atoms with E-state index in [1.54, 1.807) is 18.2 Å². The molecule has 154 valence electrons. The zero-order chi connectivity index (χ0) is 21.1. The molecule has 9 heteroatoms. The zero-order valence-electron chi connectivity index (χ0n) is 15.9. The molecule has 3 amide bonds. The van der Waals surface area contributed by atoms with Gasteiger partial charge in [0.15, 0.2) is 0 Å². The molecule has 8 nitrogen and oxygen atoms in total. The van der Waals surface area contributed by atoms with Gasteiger partial charge in [0.25, 0.3) is 11.5 Å². The summed E-state index contributed by atoms with van der Waals surface area (Å²) in [5.74, 6) is -0.285. The molecule has 1 aliphatic rings. The van der Waals surface area contributed by atoms with Crippen LogP contribution in [0.5, 0.6) is 0 Å². The molecule has 1 saturated heterocycles. The monoisotopic (exact) mass is 410 g/mol. The number of carbonyl (C=O) groups is 2. The first-order chi connectivity index (χ1) is 14.5. The van der Waals surface area contributed by atoms with Gasteiger partial charge in [0.1, 0.15) is 17.1 Å². The number of rotatable bonds is 4. The van der Waals surface area contributed by atoms with Crippen molar-refractivity contribution in [3.8, 4) is 11.5 Å². The van der Waals surface area contributed by atoms with Crippen molar-refractivity contribution >= 4 is 17.6 Å². The van der Waals surface area contributed by atoms with Crippen LogP contribution in [0.4, 0.5) is 14.9 Å². The van der Waals surface area contributed by atoms with E-state index in [1.165, 1.54) is 41.5 Å². The highest BCUT2D eigenvalue weighted by Crippen LogP contribution is 2.17. The van der Waals surface area contributed by atoms with Crippen LogP contribution in [0, 0.1) is 5.82 Å². The van der Waals surface area contributed by atoms with Crippen LogP contribution in [-0.4, -0.2) is 41.0 Å². The lowest BCUT2D eigenvalue weighted by Crippen LogP contribution is -2.41. The van der Waals surface area contributed by atoms with Crippen LogP contribution in [0.1, 0.15) is 16.8 Å². The predicted octanol–water partition coefficient (Wildman–Crippen LogP) is 2.81. The van der Waals surface area contributed by atoms with Gasteiger partial charge < -0.3 is 24.9 Å². The minimum atomic E-state index is -0.501. The molecule has 0 spiro atoms. The Hall–Kier alpha value is -3.88. The fourth-order valence-electron chi connectivity index (χ4n) is 3.34. The number of likely N-dealkylation sites (tertiary alicyclic amines) is 1. The third-order valence-corrected chi connectivity index (χ3v) is 4.84. The molecule has 0 radical (unpaired) electrons. The maximum Gasteiger partial charge on any atom is 0.319 e. The van der Waals surface area contributed by atoms with Gasteiger partial charge in [-0.1, -0.05) is 0 Å². The van der Waals surface area contributed by atoms with Crippen LogP contribution in [0.15, 0.2) is 64.0 Å². The average Bonchev–Trinajstić information content (AvgIpc) is 3.41. The predicted molar refractivity (Wildman–Crippen MR) is 108 cm³/mol. The Kier molecular flexibility index (Phi) is 5.34. The van der Waals surface area contributed by atoms with Crippen LogP contribution < -0.4 is 16.2 Å². The van der Waals surface area contributed by atoms with Crippen molar-refractivity contribution in [3.63, 3.8) is 0 Å². The van der Waals surface area contributed by atoms with Gasteiger partial charge in [-0.2, -0.15) is 0 Å². The van der Waals surface area contributed by atoms with Gasteiger partial charge in [-0.15, -0.1) is 0 Å². The molecule has 1 aliphatic heterocycles. The van der Waals surface area contributed by atoms with Gasteiger partial charge in [0.2, 0.25) is 0 Å². The summed E-state index contributed by atoms with van der Waals surface area (Å²) in [6.45, 7) is 0.703. The lowest BCUT2D eigenvalue weighted by atomic mass is 10.2. The molecule has 3 N–H and O–H groups in total. The fourth-order valence-corrected chi connectivity index (χ4v) is 3.34. The first-order valence-corrected chi connectivity index (χ1v) is 9.39. The Balaban J connectivity index is 1.36. The maximum atomic E-state index is 12.9.